The monoisotopic (exact) mass is 436 g/mol. The highest BCUT2D eigenvalue weighted by Gasteiger charge is 2.57. The Labute approximate surface area is 183 Å². The van der Waals surface area contributed by atoms with Crippen LogP contribution >= 0.6 is 24.8 Å². The maximum absolute atomic E-state index is 12.4. The van der Waals surface area contributed by atoms with E-state index in [1.54, 1.807) is 18.3 Å². The Morgan fingerprint density at radius 2 is 1.83 bits per heavy atom. The van der Waals surface area contributed by atoms with E-state index in [-0.39, 0.29) is 48.0 Å². The SMILES string of the molecule is Cl.Cl.O=C(Nc1ccc(CNC(=O)C2CC23CCNCC3)cc1)c1cccnc1. The first-order valence-corrected chi connectivity index (χ1v) is 9.45. The summed E-state index contributed by atoms with van der Waals surface area (Å²) >= 11 is 0. The van der Waals surface area contributed by atoms with E-state index >= 15 is 0 Å². The lowest BCUT2D eigenvalue weighted by molar-refractivity contribution is -0.123. The van der Waals surface area contributed by atoms with Crippen LogP contribution in [0.2, 0.25) is 0 Å². The first-order chi connectivity index (χ1) is 13.2. The largest absolute Gasteiger partial charge is 0.352 e. The van der Waals surface area contributed by atoms with Crippen LogP contribution in [0.15, 0.2) is 48.8 Å². The van der Waals surface area contributed by atoms with Crippen LogP contribution in [0.5, 0.6) is 0 Å². The van der Waals surface area contributed by atoms with Crippen LogP contribution in [-0.2, 0) is 11.3 Å². The van der Waals surface area contributed by atoms with Crippen molar-refractivity contribution in [3.05, 3.63) is 59.9 Å². The van der Waals surface area contributed by atoms with Gasteiger partial charge in [0.15, 0.2) is 0 Å². The van der Waals surface area contributed by atoms with Crippen molar-refractivity contribution in [1.82, 2.24) is 15.6 Å². The molecule has 1 aromatic carbocycles. The van der Waals surface area contributed by atoms with Gasteiger partial charge >= 0.3 is 0 Å². The Bertz CT molecular complexity index is 824. The number of carbonyl (C=O) groups is 2. The van der Waals surface area contributed by atoms with Gasteiger partial charge in [-0.2, -0.15) is 0 Å². The number of carbonyl (C=O) groups excluding carboxylic acids is 2. The maximum Gasteiger partial charge on any atom is 0.257 e. The second kappa shape index (κ2) is 10.1. The Morgan fingerprint density at radius 1 is 1.10 bits per heavy atom. The molecule has 2 fully saturated rings. The molecule has 2 aromatic rings. The van der Waals surface area contributed by atoms with Gasteiger partial charge in [0.25, 0.3) is 5.91 Å². The Hall–Kier alpha value is -2.15. The van der Waals surface area contributed by atoms with Crippen molar-refractivity contribution in [3.8, 4) is 0 Å². The zero-order valence-corrected chi connectivity index (χ0v) is 17.7. The third kappa shape index (κ3) is 5.47. The van der Waals surface area contributed by atoms with Crippen LogP contribution in [0.25, 0.3) is 0 Å². The van der Waals surface area contributed by atoms with E-state index in [9.17, 15) is 9.59 Å². The first kappa shape index (κ1) is 23.1. The average Bonchev–Trinajstić information content (AvgIpc) is 3.41. The highest BCUT2D eigenvalue weighted by Crippen LogP contribution is 2.58. The number of anilines is 1. The van der Waals surface area contributed by atoms with Crippen molar-refractivity contribution in [2.75, 3.05) is 18.4 Å². The molecule has 1 atom stereocenters. The van der Waals surface area contributed by atoms with Crippen LogP contribution in [0.4, 0.5) is 5.69 Å². The van der Waals surface area contributed by atoms with Gasteiger partial charge in [-0.05, 0) is 67.6 Å². The fraction of sp³-hybridized carbons (Fsp3) is 0.381. The molecule has 8 heteroatoms. The summed E-state index contributed by atoms with van der Waals surface area (Å²) in [5, 5.41) is 9.27. The number of hydrogen-bond donors (Lipinski definition) is 3. The number of benzene rings is 1. The molecule has 156 valence electrons. The molecule has 1 aliphatic carbocycles. The van der Waals surface area contributed by atoms with Gasteiger partial charge in [-0.25, -0.2) is 0 Å². The minimum atomic E-state index is -0.190. The number of pyridine rings is 1. The summed E-state index contributed by atoms with van der Waals surface area (Å²) in [6.45, 7) is 2.56. The smallest absolute Gasteiger partial charge is 0.257 e. The van der Waals surface area contributed by atoms with Gasteiger partial charge in [0.1, 0.15) is 0 Å². The summed E-state index contributed by atoms with van der Waals surface area (Å²) in [6.07, 6.45) is 6.41. The summed E-state index contributed by atoms with van der Waals surface area (Å²) in [5.41, 5.74) is 2.51. The Balaban J connectivity index is 0.00000150. The van der Waals surface area contributed by atoms with Gasteiger partial charge in [0.2, 0.25) is 5.91 Å². The molecule has 29 heavy (non-hydrogen) atoms. The summed E-state index contributed by atoms with van der Waals surface area (Å²) in [5.74, 6) is 0.161. The minimum absolute atomic E-state index is 0. The summed E-state index contributed by atoms with van der Waals surface area (Å²) in [7, 11) is 0. The molecule has 6 nitrogen and oxygen atoms in total. The lowest BCUT2D eigenvalue weighted by Crippen LogP contribution is -2.33. The van der Waals surface area contributed by atoms with Gasteiger partial charge in [-0.1, -0.05) is 12.1 Å². The molecule has 1 aromatic heterocycles. The molecule has 3 N–H and O–H groups in total. The number of aromatic nitrogens is 1. The predicted octanol–water partition coefficient (Wildman–Crippen LogP) is 3.18. The summed E-state index contributed by atoms with van der Waals surface area (Å²) in [4.78, 5) is 28.5. The Morgan fingerprint density at radius 3 is 2.48 bits per heavy atom. The van der Waals surface area contributed by atoms with Crippen LogP contribution in [0.1, 0.15) is 35.2 Å². The van der Waals surface area contributed by atoms with Gasteiger partial charge in [-0.15, -0.1) is 24.8 Å². The maximum atomic E-state index is 12.4. The lowest BCUT2D eigenvalue weighted by Gasteiger charge is -2.23. The Kier molecular flexibility index (Phi) is 8.02. The van der Waals surface area contributed by atoms with Crippen LogP contribution in [0, 0.1) is 11.3 Å². The third-order valence-corrected chi connectivity index (χ3v) is 5.71. The predicted molar refractivity (Wildman–Crippen MR) is 118 cm³/mol. The van der Waals surface area contributed by atoms with Crippen molar-refractivity contribution in [2.24, 2.45) is 11.3 Å². The van der Waals surface area contributed by atoms with Crippen molar-refractivity contribution < 1.29 is 9.59 Å². The number of halogens is 2. The van der Waals surface area contributed by atoms with Crippen molar-refractivity contribution in [1.29, 1.82) is 0 Å². The lowest BCUT2D eigenvalue weighted by atomic mass is 9.92. The zero-order chi connectivity index (χ0) is 18.7. The van der Waals surface area contributed by atoms with Crippen molar-refractivity contribution in [2.45, 2.75) is 25.8 Å². The van der Waals surface area contributed by atoms with E-state index in [1.807, 2.05) is 24.3 Å². The van der Waals surface area contributed by atoms with Gasteiger partial charge in [0.05, 0.1) is 5.56 Å². The van der Waals surface area contributed by atoms with Crippen LogP contribution in [0.3, 0.4) is 0 Å². The van der Waals surface area contributed by atoms with Crippen LogP contribution in [-0.4, -0.2) is 29.9 Å². The summed E-state index contributed by atoms with van der Waals surface area (Å²) < 4.78 is 0. The van der Waals surface area contributed by atoms with E-state index < -0.39 is 0 Å². The number of nitrogens with zero attached hydrogens (tertiary/aromatic N) is 1. The van der Waals surface area contributed by atoms with E-state index in [0.29, 0.717) is 12.1 Å². The van der Waals surface area contributed by atoms with Gasteiger partial charge in [-0.3, -0.25) is 14.6 Å². The second-order valence-corrected chi connectivity index (χ2v) is 7.48. The molecule has 1 saturated heterocycles. The molecule has 1 saturated carbocycles. The van der Waals surface area contributed by atoms with E-state index in [0.717, 1.165) is 43.6 Å². The molecule has 1 spiro atoms. The first-order valence-electron chi connectivity index (χ1n) is 9.45. The average molecular weight is 437 g/mol. The molecule has 2 heterocycles. The molecule has 1 aliphatic heterocycles. The van der Waals surface area contributed by atoms with Crippen LogP contribution < -0.4 is 16.0 Å². The van der Waals surface area contributed by atoms with E-state index in [4.69, 9.17) is 0 Å². The molecular formula is C21H26Cl2N4O2. The standard InChI is InChI=1S/C21H24N4O2.2ClH/c26-19(16-2-1-9-23-14-16)25-17-5-3-15(4-6-17)13-24-20(27)18-12-21(18)7-10-22-11-8-21;;/h1-6,9,14,18,22H,7-8,10-13H2,(H,24,27)(H,25,26);2*1H. The molecule has 2 aliphatic rings. The highest BCUT2D eigenvalue weighted by atomic mass is 35.5. The second-order valence-electron chi connectivity index (χ2n) is 7.48. The van der Waals surface area contributed by atoms with E-state index in [1.165, 1.54) is 6.20 Å². The van der Waals surface area contributed by atoms with Gasteiger partial charge < -0.3 is 16.0 Å². The fourth-order valence-electron chi connectivity index (χ4n) is 3.91. The minimum Gasteiger partial charge on any atom is -0.352 e. The van der Waals surface area contributed by atoms with Gasteiger partial charge in [0, 0.05) is 30.5 Å². The van der Waals surface area contributed by atoms with E-state index in [2.05, 4.69) is 20.9 Å². The van der Waals surface area contributed by atoms with Crippen molar-refractivity contribution in [3.63, 3.8) is 0 Å². The quantitative estimate of drug-likeness (QED) is 0.671. The molecular weight excluding hydrogens is 411 g/mol. The molecule has 2 amide bonds. The topological polar surface area (TPSA) is 83.1 Å². The fourth-order valence-corrected chi connectivity index (χ4v) is 3.91. The summed E-state index contributed by atoms with van der Waals surface area (Å²) in [6, 6.07) is 11.0. The third-order valence-electron chi connectivity index (χ3n) is 5.71. The number of hydrogen-bond acceptors (Lipinski definition) is 4. The highest BCUT2D eigenvalue weighted by molar-refractivity contribution is 6.04. The molecule has 0 radical (unpaired) electrons. The number of piperidine rings is 1. The molecule has 4 rings (SSSR count). The normalized spacial score (nSPS) is 18.7. The number of nitrogens with one attached hydrogen (secondary N) is 3. The number of amides is 2. The number of rotatable bonds is 5. The molecule has 0 bridgehead atoms. The molecule has 1 unspecified atom stereocenters. The van der Waals surface area contributed by atoms with Crippen molar-refractivity contribution >= 4 is 42.3 Å². The zero-order valence-electron chi connectivity index (χ0n) is 16.0.